The van der Waals surface area contributed by atoms with Gasteiger partial charge in [-0.1, -0.05) is 19.3 Å². The van der Waals surface area contributed by atoms with Gasteiger partial charge in [0.15, 0.2) is 0 Å². The molecule has 2 rings (SSSR count). The van der Waals surface area contributed by atoms with E-state index in [-0.39, 0.29) is 6.03 Å². The fraction of sp³-hybridized carbons (Fsp3) is 0.700. The van der Waals surface area contributed by atoms with Crippen molar-refractivity contribution in [2.24, 2.45) is 0 Å². The van der Waals surface area contributed by atoms with Gasteiger partial charge in [0.2, 0.25) is 5.13 Å². The number of carbonyl (C=O) groups is 1. The molecule has 0 aromatic carbocycles. The van der Waals surface area contributed by atoms with E-state index in [1.165, 1.54) is 30.8 Å². The number of hydrogen-bond acceptors (Lipinski definition) is 4. The highest BCUT2D eigenvalue weighted by Gasteiger charge is 2.16. The Kier molecular flexibility index (Phi) is 3.71. The molecule has 1 aliphatic rings. The highest BCUT2D eigenvalue weighted by molar-refractivity contribution is 7.09. The molecule has 1 aromatic heterocycles. The van der Waals surface area contributed by atoms with Gasteiger partial charge in [-0.3, -0.25) is 5.32 Å². The van der Waals surface area contributed by atoms with E-state index in [1.54, 1.807) is 6.92 Å². The standard InChI is InChI=1S/C10H16N4OS/c1-7-11-10(16-14-7)13-9(15)12-8-5-3-2-4-6-8/h8H,2-6H2,1H3,(H2,11,12,13,14,15). The van der Waals surface area contributed by atoms with Gasteiger partial charge in [0.25, 0.3) is 0 Å². The third-order valence-corrected chi connectivity index (χ3v) is 3.41. The quantitative estimate of drug-likeness (QED) is 0.833. The van der Waals surface area contributed by atoms with Crippen LogP contribution >= 0.6 is 11.5 Å². The molecule has 1 aliphatic carbocycles. The van der Waals surface area contributed by atoms with Crippen molar-refractivity contribution in [2.75, 3.05) is 5.32 Å². The number of amides is 2. The van der Waals surface area contributed by atoms with Crippen molar-refractivity contribution in [3.63, 3.8) is 0 Å². The molecule has 0 unspecified atom stereocenters. The Morgan fingerprint density at radius 2 is 2.12 bits per heavy atom. The third-order valence-electron chi connectivity index (χ3n) is 2.69. The lowest BCUT2D eigenvalue weighted by Crippen LogP contribution is -2.38. The van der Waals surface area contributed by atoms with Crippen molar-refractivity contribution in [1.82, 2.24) is 14.7 Å². The number of hydrogen-bond donors (Lipinski definition) is 2. The zero-order valence-electron chi connectivity index (χ0n) is 9.32. The van der Waals surface area contributed by atoms with E-state index in [9.17, 15) is 4.79 Å². The average Bonchev–Trinajstić information content (AvgIpc) is 2.65. The molecule has 0 atom stereocenters. The van der Waals surface area contributed by atoms with Crippen molar-refractivity contribution in [2.45, 2.75) is 45.1 Å². The fourth-order valence-electron chi connectivity index (χ4n) is 1.91. The number of aromatic nitrogens is 2. The Bertz CT molecular complexity index is 359. The molecule has 0 saturated heterocycles. The normalized spacial score (nSPS) is 17.1. The third kappa shape index (κ3) is 3.16. The molecule has 2 amide bonds. The van der Waals surface area contributed by atoms with E-state index in [4.69, 9.17) is 0 Å². The molecule has 2 N–H and O–H groups in total. The van der Waals surface area contributed by atoms with Gasteiger partial charge in [-0.05, 0) is 19.8 Å². The maximum Gasteiger partial charge on any atom is 0.321 e. The summed E-state index contributed by atoms with van der Waals surface area (Å²) in [7, 11) is 0. The Morgan fingerprint density at radius 1 is 1.38 bits per heavy atom. The molecule has 88 valence electrons. The molecular weight excluding hydrogens is 224 g/mol. The number of anilines is 1. The van der Waals surface area contributed by atoms with Crippen LogP contribution in [0.3, 0.4) is 0 Å². The summed E-state index contributed by atoms with van der Waals surface area (Å²) >= 11 is 1.21. The van der Waals surface area contributed by atoms with Crippen LogP contribution in [0.1, 0.15) is 37.9 Å². The summed E-state index contributed by atoms with van der Waals surface area (Å²) in [5.41, 5.74) is 0. The minimum atomic E-state index is -0.164. The number of nitrogens with zero attached hydrogens (tertiary/aromatic N) is 2. The summed E-state index contributed by atoms with van der Waals surface area (Å²) in [5.74, 6) is 0.693. The topological polar surface area (TPSA) is 66.9 Å². The zero-order valence-corrected chi connectivity index (χ0v) is 10.1. The lowest BCUT2D eigenvalue weighted by Gasteiger charge is -2.22. The summed E-state index contributed by atoms with van der Waals surface area (Å²) in [6, 6.07) is 0.158. The van der Waals surface area contributed by atoms with E-state index in [0.29, 0.717) is 17.0 Å². The SMILES string of the molecule is Cc1nsc(NC(=O)NC2CCCCC2)n1. The van der Waals surface area contributed by atoms with Crippen molar-refractivity contribution in [3.8, 4) is 0 Å². The predicted molar refractivity (Wildman–Crippen MR) is 63.7 cm³/mol. The van der Waals surface area contributed by atoms with Crippen LogP contribution in [0.4, 0.5) is 9.93 Å². The highest BCUT2D eigenvalue weighted by atomic mass is 32.1. The van der Waals surface area contributed by atoms with E-state index in [0.717, 1.165) is 12.8 Å². The highest BCUT2D eigenvalue weighted by Crippen LogP contribution is 2.17. The summed E-state index contributed by atoms with van der Waals surface area (Å²) in [6.07, 6.45) is 5.88. The molecule has 1 saturated carbocycles. The van der Waals surface area contributed by atoms with E-state index in [1.807, 2.05) is 0 Å². The molecule has 16 heavy (non-hydrogen) atoms. The van der Waals surface area contributed by atoms with Gasteiger partial charge in [0.1, 0.15) is 5.82 Å². The molecule has 1 heterocycles. The van der Waals surface area contributed by atoms with Crippen LogP contribution in [0.2, 0.25) is 0 Å². The van der Waals surface area contributed by atoms with Crippen LogP contribution in [-0.2, 0) is 0 Å². The number of aryl methyl sites for hydroxylation is 1. The van der Waals surface area contributed by atoms with Crippen LogP contribution in [-0.4, -0.2) is 21.4 Å². The van der Waals surface area contributed by atoms with Gasteiger partial charge in [0.05, 0.1) is 0 Å². The Morgan fingerprint density at radius 3 is 2.75 bits per heavy atom. The molecule has 0 spiro atoms. The lowest BCUT2D eigenvalue weighted by molar-refractivity contribution is 0.244. The molecule has 0 bridgehead atoms. The fourth-order valence-corrected chi connectivity index (χ4v) is 2.48. The molecule has 0 radical (unpaired) electrons. The molecule has 1 fully saturated rings. The Labute approximate surface area is 98.8 Å². The van der Waals surface area contributed by atoms with Crippen molar-refractivity contribution >= 4 is 22.7 Å². The summed E-state index contributed by atoms with van der Waals surface area (Å²) < 4.78 is 4.00. The molecular formula is C10H16N4OS. The maximum atomic E-state index is 11.6. The average molecular weight is 240 g/mol. The first-order valence-corrected chi connectivity index (χ1v) is 6.39. The van der Waals surface area contributed by atoms with Crippen LogP contribution in [0.15, 0.2) is 0 Å². The maximum absolute atomic E-state index is 11.6. The molecule has 1 aromatic rings. The zero-order chi connectivity index (χ0) is 11.4. The predicted octanol–water partition coefficient (Wildman–Crippen LogP) is 2.30. The van der Waals surface area contributed by atoms with Crippen LogP contribution < -0.4 is 10.6 Å². The van der Waals surface area contributed by atoms with E-state index in [2.05, 4.69) is 20.0 Å². The smallest absolute Gasteiger partial charge is 0.321 e. The number of nitrogens with one attached hydrogen (secondary N) is 2. The Hall–Kier alpha value is -1.17. The van der Waals surface area contributed by atoms with Crippen LogP contribution in [0, 0.1) is 6.92 Å². The summed E-state index contributed by atoms with van der Waals surface area (Å²) in [5, 5.41) is 6.23. The second-order valence-corrected chi connectivity index (χ2v) is 4.83. The second-order valence-electron chi connectivity index (χ2n) is 4.08. The van der Waals surface area contributed by atoms with Gasteiger partial charge in [-0.25, -0.2) is 9.78 Å². The minimum absolute atomic E-state index is 0.164. The van der Waals surface area contributed by atoms with Gasteiger partial charge in [-0.15, -0.1) is 0 Å². The monoisotopic (exact) mass is 240 g/mol. The molecule has 5 nitrogen and oxygen atoms in total. The first-order valence-electron chi connectivity index (χ1n) is 5.62. The van der Waals surface area contributed by atoms with E-state index < -0.39 is 0 Å². The van der Waals surface area contributed by atoms with Gasteiger partial charge >= 0.3 is 6.03 Å². The van der Waals surface area contributed by atoms with Crippen molar-refractivity contribution in [1.29, 1.82) is 0 Å². The Balaban J connectivity index is 1.79. The van der Waals surface area contributed by atoms with Crippen LogP contribution in [0.5, 0.6) is 0 Å². The van der Waals surface area contributed by atoms with Crippen LogP contribution in [0.25, 0.3) is 0 Å². The number of rotatable bonds is 2. The summed E-state index contributed by atoms with van der Waals surface area (Å²) in [4.78, 5) is 15.7. The molecule has 6 heteroatoms. The van der Waals surface area contributed by atoms with Crippen molar-refractivity contribution in [3.05, 3.63) is 5.82 Å². The van der Waals surface area contributed by atoms with Crippen molar-refractivity contribution < 1.29 is 4.79 Å². The number of carbonyl (C=O) groups excluding carboxylic acids is 1. The minimum Gasteiger partial charge on any atom is -0.335 e. The van der Waals surface area contributed by atoms with Gasteiger partial charge < -0.3 is 5.32 Å². The molecule has 0 aliphatic heterocycles. The van der Waals surface area contributed by atoms with Gasteiger partial charge in [-0.2, -0.15) is 4.37 Å². The second kappa shape index (κ2) is 5.25. The first-order chi connectivity index (χ1) is 7.74. The lowest BCUT2D eigenvalue weighted by atomic mass is 9.96. The number of urea groups is 1. The first kappa shape index (κ1) is 11.3. The van der Waals surface area contributed by atoms with Gasteiger partial charge in [0, 0.05) is 17.6 Å². The summed E-state index contributed by atoms with van der Waals surface area (Å²) in [6.45, 7) is 1.81. The largest absolute Gasteiger partial charge is 0.335 e. The van der Waals surface area contributed by atoms with E-state index >= 15 is 0 Å².